The Morgan fingerprint density at radius 2 is 2.11 bits per heavy atom. The highest BCUT2D eigenvalue weighted by Gasteiger charge is 2.36. The molecule has 0 radical (unpaired) electrons. The molecule has 1 amide bonds. The minimum Gasteiger partial charge on any atom is -0.460 e. The fourth-order valence-electron chi connectivity index (χ4n) is 4.01. The van der Waals surface area contributed by atoms with Crippen molar-refractivity contribution in [2.75, 3.05) is 26.3 Å². The molecule has 1 aromatic carbocycles. The highest BCUT2D eigenvalue weighted by Crippen LogP contribution is 2.26. The summed E-state index contributed by atoms with van der Waals surface area (Å²) in [6.07, 6.45) is 2.33. The van der Waals surface area contributed by atoms with E-state index in [9.17, 15) is 4.79 Å². The minimum atomic E-state index is -0.230. The zero-order valence-electron chi connectivity index (χ0n) is 15.1. The van der Waals surface area contributed by atoms with E-state index in [2.05, 4.69) is 20.9 Å². The van der Waals surface area contributed by atoms with Crippen LogP contribution in [0, 0.1) is 0 Å². The number of para-hydroxylation sites is 1. The van der Waals surface area contributed by atoms with Gasteiger partial charge in [0.1, 0.15) is 11.3 Å². The van der Waals surface area contributed by atoms with E-state index in [1.165, 1.54) is 0 Å². The van der Waals surface area contributed by atoms with Crippen LogP contribution in [-0.4, -0.2) is 58.0 Å². The third-order valence-corrected chi connectivity index (χ3v) is 5.44. The second-order valence-corrected chi connectivity index (χ2v) is 7.14. The summed E-state index contributed by atoms with van der Waals surface area (Å²) in [4.78, 5) is 24.9. The first-order valence-corrected chi connectivity index (χ1v) is 9.37. The van der Waals surface area contributed by atoms with Crippen molar-refractivity contribution in [1.29, 1.82) is 0 Å². The lowest BCUT2D eigenvalue weighted by atomic mass is 10.0. The summed E-state index contributed by atoms with van der Waals surface area (Å²) < 4.78 is 11.4. The molecule has 2 aromatic heterocycles. The van der Waals surface area contributed by atoms with Crippen molar-refractivity contribution < 1.29 is 13.9 Å². The number of ether oxygens (including phenoxy) is 1. The lowest BCUT2D eigenvalue weighted by molar-refractivity contribution is -0.142. The van der Waals surface area contributed by atoms with E-state index in [1.54, 1.807) is 6.33 Å². The van der Waals surface area contributed by atoms with Crippen LogP contribution in [0.4, 0.5) is 0 Å². The summed E-state index contributed by atoms with van der Waals surface area (Å²) in [5.74, 6) is 1.03. The normalized spacial score (nSPS) is 20.7. The first kappa shape index (κ1) is 16.5. The lowest BCUT2D eigenvalue weighted by Gasteiger charge is -2.37. The molecule has 2 aliphatic heterocycles. The van der Waals surface area contributed by atoms with Gasteiger partial charge in [-0.3, -0.25) is 9.69 Å². The average molecular weight is 366 g/mol. The molecule has 0 spiro atoms. The number of amides is 1. The Hall–Kier alpha value is -2.64. The quantitative estimate of drug-likeness (QED) is 0.767. The highest BCUT2D eigenvalue weighted by molar-refractivity contribution is 5.82. The van der Waals surface area contributed by atoms with Gasteiger partial charge < -0.3 is 19.0 Å². The molecule has 140 valence electrons. The van der Waals surface area contributed by atoms with Gasteiger partial charge in [-0.25, -0.2) is 4.98 Å². The molecule has 1 N–H and O–H groups in total. The Kier molecular flexibility index (Phi) is 4.18. The molecule has 1 fully saturated rings. The van der Waals surface area contributed by atoms with Gasteiger partial charge in [0.25, 0.3) is 0 Å². The summed E-state index contributed by atoms with van der Waals surface area (Å²) >= 11 is 0. The van der Waals surface area contributed by atoms with Gasteiger partial charge in [-0.2, -0.15) is 0 Å². The van der Waals surface area contributed by atoms with E-state index in [4.69, 9.17) is 9.15 Å². The smallest absolute Gasteiger partial charge is 0.240 e. The highest BCUT2D eigenvalue weighted by atomic mass is 16.5. The van der Waals surface area contributed by atoms with Crippen LogP contribution in [0.15, 0.2) is 41.1 Å². The molecule has 1 atom stereocenters. The van der Waals surface area contributed by atoms with Crippen LogP contribution in [-0.2, 0) is 29.0 Å². The van der Waals surface area contributed by atoms with E-state index in [-0.39, 0.29) is 11.9 Å². The third-order valence-electron chi connectivity index (χ3n) is 5.44. The molecule has 2 aliphatic rings. The number of morpholine rings is 1. The lowest BCUT2D eigenvalue weighted by Crippen LogP contribution is -2.53. The number of aromatic nitrogens is 2. The fraction of sp³-hybridized carbons (Fsp3) is 0.400. The number of carbonyl (C=O) groups excluding carboxylic acids is 1. The first-order chi connectivity index (χ1) is 13.3. The van der Waals surface area contributed by atoms with E-state index in [0.717, 1.165) is 28.1 Å². The molecular formula is C20H22N4O3. The van der Waals surface area contributed by atoms with E-state index >= 15 is 0 Å². The third kappa shape index (κ3) is 3.13. The molecule has 1 saturated heterocycles. The SMILES string of the molecule is O=C([C@@H]1Cc2nc[nH]c2CN1Cc1cc2ccccc2o1)N1CCOCC1. The summed E-state index contributed by atoms with van der Waals surface area (Å²) in [7, 11) is 0. The second kappa shape index (κ2) is 6.83. The number of nitrogens with zero attached hydrogens (tertiary/aromatic N) is 3. The Balaban J connectivity index is 1.42. The van der Waals surface area contributed by atoms with Gasteiger partial charge >= 0.3 is 0 Å². The van der Waals surface area contributed by atoms with Gasteiger partial charge in [0.05, 0.1) is 43.5 Å². The number of H-pyrrole nitrogens is 1. The van der Waals surface area contributed by atoms with Crippen LogP contribution in [0.5, 0.6) is 0 Å². The number of rotatable bonds is 3. The Labute approximate surface area is 156 Å². The number of hydrogen-bond donors (Lipinski definition) is 1. The molecule has 3 aromatic rings. The van der Waals surface area contributed by atoms with E-state index in [1.807, 2.05) is 29.2 Å². The Morgan fingerprint density at radius 3 is 2.96 bits per heavy atom. The predicted molar refractivity (Wildman–Crippen MR) is 98.9 cm³/mol. The van der Waals surface area contributed by atoms with Gasteiger partial charge in [0.15, 0.2) is 0 Å². The van der Waals surface area contributed by atoms with Crippen LogP contribution in [0.2, 0.25) is 0 Å². The van der Waals surface area contributed by atoms with Crippen LogP contribution in [0.3, 0.4) is 0 Å². The first-order valence-electron chi connectivity index (χ1n) is 9.37. The molecule has 4 heterocycles. The van der Waals surface area contributed by atoms with Crippen molar-refractivity contribution in [2.45, 2.75) is 25.6 Å². The van der Waals surface area contributed by atoms with Crippen molar-refractivity contribution in [3.8, 4) is 0 Å². The number of fused-ring (bicyclic) bond motifs is 2. The molecule has 7 nitrogen and oxygen atoms in total. The zero-order chi connectivity index (χ0) is 18.2. The number of furan rings is 1. The van der Waals surface area contributed by atoms with Crippen molar-refractivity contribution in [3.63, 3.8) is 0 Å². The van der Waals surface area contributed by atoms with Crippen molar-refractivity contribution in [3.05, 3.63) is 53.8 Å². The summed E-state index contributed by atoms with van der Waals surface area (Å²) in [5.41, 5.74) is 2.95. The Morgan fingerprint density at radius 1 is 1.26 bits per heavy atom. The van der Waals surface area contributed by atoms with Crippen LogP contribution < -0.4 is 0 Å². The van der Waals surface area contributed by atoms with Gasteiger partial charge in [0, 0.05) is 31.4 Å². The number of benzene rings is 1. The Bertz CT molecular complexity index is 924. The molecule has 5 rings (SSSR count). The molecule has 0 unspecified atom stereocenters. The minimum absolute atomic E-state index is 0.156. The number of aromatic amines is 1. The number of nitrogens with one attached hydrogen (secondary N) is 1. The molecular weight excluding hydrogens is 344 g/mol. The number of hydrogen-bond acceptors (Lipinski definition) is 5. The summed E-state index contributed by atoms with van der Waals surface area (Å²) in [6.45, 7) is 3.77. The van der Waals surface area contributed by atoms with E-state index < -0.39 is 0 Å². The van der Waals surface area contributed by atoms with Gasteiger partial charge in [-0.1, -0.05) is 18.2 Å². The molecule has 7 heteroatoms. The largest absolute Gasteiger partial charge is 0.460 e. The monoisotopic (exact) mass is 366 g/mol. The van der Waals surface area contributed by atoms with Crippen molar-refractivity contribution in [2.24, 2.45) is 0 Å². The topological polar surface area (TPSA) is 74.6 Å². The zero-order valence-corrected chi connectivity index (χ0v) is 15.1. The van der Waals surface area contributed by atoms with Crippen LogP contribution in [0.25, 0.3) is 11.0 Å². The van der Waals surface area contributed by atoms with Gasteiger partial charge in [-0.05, 0) is 12.1 Å². The van der Waals surface area contributed by atoms with Crippen molar-refractivity contribution >= 4 is 16.9 Å². The van der Waals surface area contributed by atoms with Gasteiger partial charge in [-0.15, -0.1) is 0 Å². The summed E-state index contributed by atoms with van der Waals surface area (Å²) in [6, 6.07) is 9.82. The molecule has 0 saturated carbocycles. The second-order valence-electron chi connectivity index (χ2n) is 7.14. The number of carbonyl (C=O) groups is 1. The standard InChI is InChI=1S/C20H22N4O3/c25-20(23-5-7-26-8-6-23)18-10-16-17(22-13-21-16)12-24(18)11-15-9-14-3-1-2-4-19(14)27-15/h1-4,9,13,18H,5-8,10-12H2,(H,21,22)/t18-/m0/s1. The van der Waals surface area contributed by atoms with Crippen molar-refractivity contribution in [1.82, 2.24) is 19.8 Å². The predicted octanol–water partition coefficient (Wildman–Crippen LogP) is 1.94. The van der Waals surface area contributed by atoms with Gasteiger partial charge in [0.2, 0.25) is 5.91 Å². The summed E-state index contributed by atoms with van der Waals surface area (Å²) in [5, 5.41) is 1.09. The van der Waals surface area contributed by atoms with Crippen LogP contribution in [0.1, 0.15) is 17.1 Å². The molecule has 27 heavy (non-hydrogen) atoms. The number of imidazole rings is 1. The average Bonchev–Trinajstić information content (AvgIpc) is 3.33. The molecule has 0 aliphatic carbocycles. The maximum Gasteiger partial charge on any atom is 0.240 e. The van der Waals surface area contributed by atoms with Crippen LogP contribution >= 0.6 is 0 Å². The maximum atomic E-state index is 13.2. The fourth-order valence-corrected chi connectivity index (χ4v) is 4.01. The van der Waals surface area contributed by atoms with E-state index in [0.29, 0.717) is 45.8 Å². The maximum absolute atomic E-state index is 13.2. The molecule has 0 bridgehead atoms.